The number of benzene rings is 1. The first kappa shape index (κ1) is 17.0. The largest absolute Gasteiger partial charge is 0.491 e. The maximum absolute atomic E-state index is 6.16. The Morgan fingerprint density at radius 1 is 1.18 bits per heavy atom. The van der Waals surface area contributed by atoms with E-state index >= 15 is 0 Å². The van der Waals surface area contributed by atoms with Crippen molar-refractivity contribution in [3.8, 4) is 0 Å². The number of likely N-dealkylation sites (N-methyl/N-ethyl adjacent to an activating group) is 1. The van der Waals surface area contributed by atoms with E-state index in [1.807, 2.05) is 25.3 Å². The third kappa shape index (κ3) is 3.51. The molecule has 0 aromatic heterocycles. The predicted molar refractivity (Wildman–Crippen MR) is 94.5 cm³/mol. The van der Waals surface area contributed by atoms with Crippen molar-refractivity contribution in [1.29, 1.82) is 0 Å². The molecule has 1 fully saturated rings. The molecular formula is C18H26BNO2. The first-order valence-corrected chi connectivity index (χ1v) is 7.72. The van der Waals surface area contributed by atoms with E-state index in [0.29, 0.717) is 0 Å². The first-order valence-electron chi connectivity index (χ1n) is 7.72. The average molecular weight is 299 g/mol. The van der Waals surface area contributed by atoms with Crippen molar-refractivity contribution in [3.05, 3.63) is 47.4 Å². The lowest BCUT2D eigenvalue weighted by atomic mass is 9.77. The van der Waals surface area contributed by atoms with Gasteiger partial charge in [0.15, 0.2) is 0 Å². The Balaban J connectivity index is 2.30. The van der Waals surface area contributed by atoms with Gasteiger partial charge in [0.25, 0.3) is 0 Å². The second kappa shape index (κ2) is 6.41. The monoisotopic (exact) mass is 299 g/mol. The Bertz CT molecular complexity index is 562. The van der Waals surface area contributed by atoms with Crippen molar-refractivity contribution in [2.45, 2.75) is 38.9 Å². The topological polar surface area (TPSA) is 30.5 Å². The summed E-state index contributed by atoms with van der Waals surface area (Å²) >= 11 is 0. The highest BCUT2D eigenvalue weighted by atomic mass is 16.7. The molecule has 22 heavy (non-hydrogen) atoms. The quantitative estimate of drug-likeness (QED) is 0.843. The molecule has 0 spiro atoms. The summed E-state index contributed by atoms with van der Waals surface area (Å²) in [4.78, 5) is 0. The fourth-order valence-corrected chi connectivity index (χ4v) is 2.39. The van der Waals surface area contributed by atoms with Crippen molar-refractivity contribution in [1.82, 2.24) is 5.32 Å². The molecule has 0 aliphatic carbocycles. The van der Waals surface area contributed by atoms with Crippen molar-refractivity contribution in [3.63, 3.8) is 0 Å². The number of hydrogen-bond donors (Lipinski definition) is 1. The van der Waals surface area contributed by atoms with E-state index in [2.05, 4.69) is 57.8 Å². The van der Waals surface area contributed by atoms with E-state index < -0.39 is 0 Å². The standard InChI is InChI=1S/C18H26BNO2/c1-7-14-9-8-10-15(11-14)12-16(13-20-6)19-21-17(2,3)18(4,5)22-19/h7-12,20H,1,13H2,2-6H3. The summed E-state index contributed by atoms with van der Waals surface area (Å²) in [5, 5.41) is 3.20. The van der Waals surface area contributed by atoms with Gasteiger partial charge < -0.3 is 14.6 Å². The Morgan fingerprint density at radius 2 is 1.77 bits per heavy atom. The minimum absolute atomic E-state index is 0.326. The van der Waals surface area contributed by atoms with Crippen LogP contribution in [0.25, 0.3) is 12.2 Å². The van der Waals surface area contributed by atoms with Crippen LogP contribution in [0.2, 0.25) is 0 Å². The van der Waals surface area contributed by atoms with Gasteiger partial charge in [-0.1, -0.05) is 36.9 Å². The second-order valence-electron chi connectivity index (χ2n) is 6.71. The van der Waals surface area contributed by atoms with Gasteiger partial charge in [0.2, 0.25) is 0 Å². The fraction of sp³-hybridized carbons (Fsp3) is 0.444. The van der Waals surface area contributed by atoms with Gasteiger partial charge in [0.1, 0.15) is 0 Å². The average Bonchev–Trinajstić information content (AvgIpc) is 2.67. The number of nitrogens with one attached hydrogen (secondary N) is 1. The molecule has 0 atom stereocenters. The molecule has 1 aliphatic heterocycles. The van der Waals surface area contributed by atoms with Crippen LogP contribution in [0.15, 0.2) is 36.3 Å². The smallest absolute Gasteiger partial charge is 0.400 e. The molecule has 1 N–H and O–H groups in total. The molecule has 4 heteroatoms. The molecule has 0 radical (unpaired) electrons. The highest BCUT2D eigenvalue weighted by molar-refractivity contribution is 6.55. The van der Waals surface area contributed by atoms with Crippen LogP contribution in [0.1, 0.15) is 38.8 Å². The van der Waals surface area contributed by atoms with Crippen molar-refractivity contribution in [2.24, 2.45) is 0 Å². The second-order valence-corrected chi connectivity index (χ2v) is 6.71. The Labute approximate surface area is 134 Å². The van der Waals surface area contributed by atoms with Gasteiger partial charge in [-0.3, -0.25) is 0 Å². The zero-order chi connectivity index (χ0) is 16.4. The SMILES string of the molecule is C=Cc1cccc(C=C(CNC)B2OC(C)(C)C(C)(C)O2)c1. The Kier molecular flexibility index (Phi) is 4.95. The zero-order valence-corrected chi connectivity index (χ0v) is 14.3. The highest BCUT2D eigenvalue weighted by Gasteiger charge is 2.52. The predicted octanol–water partition coefficient (Wildman–Crippen LogP) is 3.56. The lowest BCUT2D eigenvalue weighted by molar-refractivity contribution is 0.00578. The Morgan fingerprint density at radius 3 is 2.32 bits per heavy atom. The molecule has 118 valence electrons. The summed E-state index contributed by atoms with van der Waals surface area (Å²) in [6.07, 6.45) is 3.98. The first-order chi connectivity index (χ1) is 10.3. The lowest BCUT2D eigenvalue weighted by Crippen LogP contribution is -2.41. The van der Waals surface area contributed by atoms with Crippen LogP contribution in [0.5, 0.6) is 0 Å². The van der Waals surface area contributed by atoms with Crippen LogP contribution in [-0.2, 0) is 9.31 Å². The van der Waals surface area contributed by atoms with Crippen molar-refractivity contribution < 1.29 is 9.31 Å². The van der Waals surface area contributed by atoms with Crippen LogP contribution in [0, 0.1) is 0 Å². The molecule has 2 rings (SSSR count). The van der Waals surface area contributed by atoms with Gasteiger partial charge >= 0.3 is 7.12 Å². The van der Waals surface area contributed by atoms with E-state index in [9.17, 15) is 0 Å². The molecule has 3 nitrogen and oxygen atoms in total. The molecule has 0 unspecified atom stereocenters. The molecular weight excluding hydrogens is 273 g/mol. The van der Waals surface area contributed by atoms with Gasteiger partial charge in [0.05, 0.1) is 11.2 Å². The molecule has 1 saturated heterocycles. The van der Waals surface area contributed by atoms with E-state index in [1.165, 1.54) is 0 Å². The van der Waals surface area contributed by atoms with Crippen LogP contribution in [0.4, 0.5) is 0 Å². The maximum atomic E-state index is 6.16. The fourth-order valence-electron chi connectivity index (χ4n) is 2.39. The van der Waals surface area contributed by atoms with Crippen molar-refractivity contribution in [2.75, 3.05) is 13.6 Å². The summed E-state index contributed by atoms with van der Waals surface area (Å²) in [6, 6.07) is 8.25. The molecule has 0 bridgehead atoms. The van der Waals surface area contributed by atoms with Crippen molar-refractivity contribution >= 4 is 19.3 Å². The maximum Gasteiger partial charge on any atom is 0.491 e. The summed E-state index contributed by atoms with van der Waals surface area (Å²) in [5.41, 5.74) is 2.66. The third-order valence-electron chi connectivity index (χ3n) is 4.44. The molecule has 1 aromatic rings. The minimum Gasteiger partial charge on any atom is -0.400 e. The summed E-state index contributed by atoms with van der Waals surface area (Å²) < 4.78 is 12.3. The lowest BCUT2D eigenvalue weighted by Gasteiger charge is -2.32. The van der Waals surface area contributed by atoms with E-state index in [-0.39, 0.29) is 18.3 Å². The normalized spacial score (nSPS) is 20.2. The zero-order valence-electron chi connectivity index (χ0n) is 14.3. The molecule has 1 aliphatic rings. The van der Waals surface area contributed by atoms with Crippen LogP contribution in [-0.4, -0.2) is 31.9 Å². The molecule has 0 amide bonds. The molecule has 1 aromatic carbocycles. The molecule has 0 saturated carbocycles. The van der Waals surface area contributed by atoms with Gasteiger partial charge in [-0.2, -0.15) is 0 Å². The van der Waals surface area contributed by atoms with E-state index in [1.54, 1.807) is 0 Å². The van der Waals surface area contributed by atoms with Gasteiger partial charge in [0, 0.05) is 6.54 Å². The number of rotatable bonds is 5. The Hall–Kier alpha value is -1.36. The van der Waals surface area contributed by atoms with Gasteiger partial charge in [-0.05, 0) is 57.4 Å². The van der Waals surface area contributed by atoms with Crippen LogP contribution < -0.4 is 5.32 Å². The van der Waals surface area contributed by atoms with E-state index in [0.717, 1.165) is 23.1 Å². The highest BCUT2D eigenvalue weighted by Crippen LogP contribution is 2.38. The minimum atomic E-state index is -0.329. The van der Waals surface area contributed by atoms with Crippen LogP contribution >= 0.6 is 0 Å². The van der Waals surface area contributed by atoms with Crippen LogP contribution in [0.3, 0.4) is 0 Å². The third-order valence-corrected chi connectivity index (χ3v) is 4.44. The summed E-state index contributed by atoms with van der Waals surface area (Å²) in [6.45, 7) is 12.8. The molecule has 1 heterocycles. The van der Waals surface area contributed by atoms with Gasteiger partial charge in [-0.25, -0.2) is 0 Å². The van der Waals surface area contributed by atoms with Gasteiger partial charge in [-0.15, -0.1) is 0 Å². The van der Waals surface area contributed by atoms with E-state index in [4.69, 9.17) is 9.31 Å². The summed E-state index contributed by atoms with van der Waals surface area (Å²) in [5.74, 6) is 0. The number of hydrogen-bond acceptors (Lipinski definition) is 3. The summed E-state index contributed by atoms with van der Waals surface area (Å²) in [7, 11) is 1.60.